The molecule has 1 N–H and O–H groups in total. The summed E-state index contributed by atoms with van der Waals surface area (Å²) in [4.78, 5) is 14.3. The lowest BCUT2D eigenvalue weighted by molar-refractivity contribution is -0.160. The van der Waals surface area contributed by atoms with E-state index in [1.54, 1.807) is 27.7 Å². The highest BCUT2D eigenvalue weighted by atomic mass is 32.2. The lowest BCUT2D eigenvalue weighted by atomic mass is 9.82. The molecule has 0 amide bonds. The van der Waals surface area contributed by atoms with E-state index in [9.17, 15) is 18.3 Å². The van der Waals surface area contributed by atoms with Crippen LogP contribution >= 0.6 is 0 Å². The fourth-order valence-electron chi connectivity index (χ4n) is 4.83. The van der Waals surface area contributed by atoms with Crippen LogP contribution in [0.15, 0.2) is 18.2 Å². The van der Waals surface area contributed by atoms with Crippen LogP contribution < -0.4 is 9.21 Å². The summed E-state index contributed by atoms with van der Waals surface area (Å²) in [7, 11) is 0.0958. The molecule has 1 heterocycles. The van der Waals surface area contributed by atoms with E-state index in [1.165, 1.54) is 10.6 Å². The molecule has 3 rings (SSSR count). The molecular weight excluding hydrogens is 452 g/mol. The van der Waals surface area contributed by atoms with E-state index in [-0.39, 0.29) is 14.0 Å². The third kappa shape index (κ3) is 4.79. The lowest BCUT2D eigenvalue weighted by Crippen LogP contribution is -2.35. The average Bonchev–Trinajstić information content (AvgIpc) is 2.66. The topological polar surface area (TPSA) is 87.2 Å². The zero-order valence-corrected chi connectivity index (χ0v) is 21.7. The molecule has 0 saturated carbocycles. The predicted molar refractivity (Wildman–Crippen MR) is 139 cm³/mol. The van der Waals surface area contributed by atoms with Gasteiger partial charge in [0.2, 0.25) is 10.0 Å². The predicted octanol–water partition coefficient (Wildman–Crippen LogP) is 5.20. The second-order valence-electron chi connectivity index (χ2n) is 9.96. The number of fused-ring (bicyclic) bond motifs is 3. The van der Waals surface area contributed by atoms with Gasteiger partial charge in [0, 0.05) is 30.9 Å². The number of aliphatic carboxylic acids is 1. The Kier molecular flexibility index (Phi) is 7.51. The van der Waals surface area contributed by atoms with Crippen molar-refractivity contribution in [3.8, 4) is 11.1 Å². The number of carboxylic acids is 1. The summed E-state index contributed by atoms with van der Waals surface area (Å²) in [6.45, 7) is 11.4. The highest BCUT2D eigenvalue weighted by Gasteiger charge is 2.38. The Hall–Kier alpha value is -2.58. The Balaban J connectivity index is 0.00000408. The molecule has 0 aromatic heterocycles. The number of aryl methyl sites for hydroxylation is 1. The van der Waals surface area contributed by atoms with E-state index >= 15 is 0 Å². The minimum atomic E-state index is -3.63. The Morgan fingerprint density at radius 3 is 2.18 bits per heavy atom. The highest BCUT2D eigenvalue weighted by molar-refractivity contribution is 7.92. The Morgan fingerprint density at radius 1 is 1.12 bits per heavy atom. The molecule has 2 aromatic rings. The van der Waals surface area contributed by atoms with Gasteiger partial charge in [-0.25, -0.2) is 13.2 Å². The molecule has 1 unspecified atom stereocenters. The normalized spacial score (nSPS) is 14.1. The number of rotatable bonds is 5. The van der Waals surface area contributed by atoms with Gasteiger partial charge in [-0.3, -0.25) is 4.31 Å². The minimum absolute atomic E-state index is 0. The van der Waals surface area contributed by atoms with Gasteiger partial charge in [0.15, 0.2) is 6.10 Å². The lowest BCUT2D eigenvalue weighted by Gasteiger charge is -2.38. The monoisotopic (exact) mass is 490 g/mol. The highest BCUT2D eigenvalue weighted by Crippen LogP contribution is 2.51. The van der Waals surface area contributed by atoms with Crippen molar-refractivity contribution in [3.63, 3.8) is 0 Å². The molecule has 1 atom stereocenters. The smallest absolute Gasteiger partial charge is 0.337 e. The van der Waals surface area contributed by atoms with Crippen molar-refractivity contribution >= 4 is 27.4 Å². The summed E-state index contributed by atoms with van der Waals surface area (Å²) in [6.07, 6.45) is -0.0715. The van der Waals surface area contributed by atoms with Gasteiger partial charge in [-0.05, 0) is 69.4 Å². The van der Waals surface area contributed by atoms with Crippen LogP contribution in [0.5, 0.6) is 0 Å². The summed E-state index contributed by atoms with van der Waals surface area (Å²) >= 11 is 0. The quantitative estimate of drug-likeness (QED) is 0.620. The molecule has 7 nitrogen and oxygen atoms in total. The summed E-state index contributed by atoms with van der Waals surface area (Å²) in [6, 6.07) is 5.89. The van der Waals surface area contributed by atoms with E-state index in [0.717, 1.165) is 33.5 Å². The number of carbonyl (C=O) groups is 1. The van der Waals surface area contributed by atoms with E-state index in [4.69, 9.17) is 4.74 Å². The second kappa shape index (κ2) is 9.23. The van der Waals surface area contributed by atoms with Gasteiger partial charge in [-0.15, -0.1) is 0 Å². The summed E-state index contributed by atoms with van der Waals surface area (Å²) in [5.41, 5.74) is 6.23. The van der Waals surface area contributed by atoms with E-state index < -0.39 is 27.7 Å². The minimum Gasteiger partial charge on any atom is -0.479 e. The van der Waals surface area contributed by atoms with Gasteiger partial charge in [-0.2, -0.15) is 0 Å². The third-order valence-electron chi connectivity index (χ3n) is 5.96. The number of hydrogen-bond acceptors (Lipinski definition) is 5. The zero-order valence-electron chi connectivity index (χ0n) is 20.9. The molecule has 1 aliphatic heterocycles. The number of anilines is 2. The first-order valence-corrected chi connectivity index (χ1v) is 12.7. The van der Waals surface area contributed by atoms with Crippen molar-refractivity contribution in [3.05, 3.63) is 46.0 Å². The van der Waals surface area contributed by atoms with Crippen molar-refractivity contribution in [1.82, 2.24) is 0 Å². The molecule has 1 aliphatic rings. The standard InChI is InChI=1S/C25H34N2O5S.CH4/c1-14-11-10-12-17-13-27(33(9,30)31)22-16(3)20(23(24(28)29)32-25(4,5)6)21(26(7)8)15(2)19(22)18(14)17;/h10-12,23H,13H2,1-9H3,(H,28,29);1H4. The van der Waals surface area contributed by atoms with Crippen LogP contribution in [0.2, 0.25) is 0 Å². The number of carboxylic acid groups (broad SMARTS) is 1. The maximum Gasteiger partial charge on any atom is 0.337 e. The maximum atomic E-state index is 12.9. The first-order chi connectivity index (χ1) is 15.1. The molecule has 188 valence electrons. The first-order valence-electron chi connectivity index (χ1n) is 10.9. The van der Waals surface area contributed by atoms with Gasteiger partial charge in [0.05, 0.1) is 24.1 Å². The molecule has 0 saturated heterocycles. The Labute approximate surface area is 204 Å². The number of ether oxygens (including phenoxy) is 1. The summed E-state index contributed by atoms with van der Waals surface area (Å²) in [5, 5.41) is 10.2. The van der Waals surface area contributed by atoms with E-state index in [1.807, 2.05) is 51.0 Å². The van der Waals surface area contributed by atoms with Crippen molar-refractivity contribution in [2.45, 2.75) is 67.2 Å². The van der Waals surface area contributed by atoms with Crippen molar-refractivity contribution in [1.29, 1.82) is 0 Å². The molecule has 0 aliphatic carbocycles. The van der Waals surface area contributed by atoms with E-state index in [0.29, 0.717) is 16.8 Å². The van der Waals surface area contributed by atoms with E-state index in [2.05, 4.69) is 0 Å². The first kappa shape index (κ1) is 27.7. The third-order valence-corrected chi connectivity index (χ3v) is 7.07. The second-order valence-corrected chi connectivity index (χ2v) is 11.9. The van der Waals surface area contributed by atoms with Crippen LogP contribution in [-0.2, 0) is 26.1 Å². The number of sulfonamides is 1. The van der Waals surface area contributed by atoms with Gasteiger partial charge in [0.25, 0.3) is 0 Å². The van der Waals surface area contributed by atoms with Crippen molar-refractivity contribution in [2.75, 3.05) is 29.6 Å². The fourth-order valence-corrected chi connectivity index (χ4v) is 5.76. The number of nitrogens with zero attached hydrogens (tertiary/aromatic N) is 2. The number of benzene rings is 2. The van der Waals surface area contributed by atoms with Gasteiger partial charge < -0.3 is 14.7 Å². The van der Waals surface area contributed by atoms with Crippen molar-refractivity contribution < 1.29 is 23.1 Å². The summed E-state index contributed by atoms with van der Waals surface area (Å²) < 4.78 is 33.3. The molecule has 0 radical (unpaired) electrons. The number of hydrogen-bond donors (Lipinski definition) is 1. The zero-order chi connectivity index (χ0) is 25.0. The molecule has 8 heteroatoms. The average molecular weight is 491 g/mol. The maximum absolute atomic E-state index is 12.9. The molecule has 0 spiro atoms. The van der Waals surface area contributed by atoms with Gasteiger partial charge >= 0.3 is 5.97 Å². The fraction of sp³-hybridized carbons (Fsp3) is 0.500. The largest absolute Gasteiger partial charge is 0.479 e. The molecule has 2 aromatic carbocycles. The van der Waals surface area contributed by atoms with Crippen LogP contribution in [0, 0.1) is 20.8 Å². The van der Waals surface area contributed by atoms with Gasteiger partial charge in [0.1, 0.15) is 0 Å². The van der Waals surface area contributed by atoms with Crippen LogP contribution in [0.3, 0.4) is 0 Å². The van der Waals surface area contributed by atoms with Crippen LogP contribution in [0.1, 0.15) is 62.1 Å². The molecule has 0 fully saturated rings. The van der Waals surface area contributed by atoms with Crippen LogP contribution in [0.25, 0.3) is 11.1 Å². The van der Waals surface area contributed by atoms with Crippen molar-refractivity contribution in [2.24, 2.45) is 0 Å². The Morgan fingerprint density at radius 2 is 1.71 bits per heavy atom. The van der Waals surface area contributed by atoms with Gasteiger partial charge in [-0.1, -0.05) is 25.6 Å². The molecule has 0 bridgehead atoms. The SMILES string of the molecule is C.Cc1cccc2c1-c1c(C)c(N(C)C)c(C(OC(C)(C)C)C(=O)O)c(C)c1N(S(C)(=O)=O)C2. The summed E-state index contributed by atoms with van der Waals surface area (Å²) in [5.74, 6) is -1.12. The van der Waals surface area contributed by atoms with Crippen LogP contribution in [0.4, 0.5) is 11.4 Å². The van der Waals surface area contributed by atoms with Crippen LogP contribution in [-0.4, -0.2) is 45.4 Å². The molecular formula is C26H38N2O5S. The Bertz CT molecular complexity index is 1230. The molecule has 34 heavy (non-hydrogen) atoms.